The third-order valence-corrected chi connectivity index (χ3v) is 4.13. The zero-order valence-electron chi connectivity index (χ0n) is 12.4. The van der Waals surface area contributed by atoms with Gasteiger partial charge in [0, 0.05) is 17.0 Å². The number of carbonyl (C=O) groups excluding carboxylic acids is 1. The van der Waals surface area contributed by atoms with E-state index >= 15 is 0 Å². The van der Waals surface area contributed by atoms with Crippen LogP contribution in [0.1, 0.15) is 16.8 Å². The number of hydrogen-bond donors (Lipinski definition) is 2. The maximum atomic E-state index is 12.3. The maximum absolute atomic E-state index is 12.3. The van der Waals surface area contributed by atoms with Gasteiger partial charge in [-0.1, -0.05) is 34.8 Å². The molecular formula is C16H13Cl3N2O3. The average molecular weight is 388 g/mol. The molecule has 126 valence electrons. The van der Waals surface area contributed by atoms with Crippen LogP contribution >= 0.6 is 34.8 Å². The molecule has 1 aliphatic heterocycles. The summed E-state index contributed by atoms with van der Waals surface area (Å²) in [4.78, 5) is 12.3. The molecule has 0 saturated heterocycles. The number of anilines is 1. The first-order chi connectivity index (χ1) is 11.5. The molecule has 0 aliphatic carbocycles. The number of fused-ring (bicyclic) bond motifs is 1. The molecule has 1 amide bonds. The molecule has 0 unspecified atom stereocenters. The normalized spacial score (nSPS) is 13.1. The number of carbonyl (C=O) groups is 1. The third kappa shape index (κ3) is 3.80. The Morgan fingerprint density at radius 1 is 0.958 bits per heavy atom. The van der Waals surface area contributed by atoms with E-state index in [0.717, 1.165) is 6.42 Å². The van der Waals surface area contributed by atoms with Gasteiger partial charge in [-0.25, -0.2) is 0 Å². The van der Waals surface area contributed by atoms with Crippen molar-refractivity contribution >= 4 is 46.4 Å². The van der Waals surface area contributed by atoms with Crippen LogP contribution in [0.4, 0.5) is 5.69 Å². The van der Waals surface area contributed by atoms with E-state index in [1.807, 2.05) is 0 Å². The summed E-state index contributed by atoms with van der Waals surface area (Å²) in [7, 11) is 0. The minimum absolute atomic E-state index is 0.298. The molecule has 0 saturated carbocycles. The Balaban J connectivity index is 1.73. The zero-order valence-corrected chi connectivity index (χ0v) is 14.6. The molecule has 0 spiro atoms. The Bertz CT molecular complexity index is 760. The summed E-state index contributed by atoms with van der Waals surface area (Å²) in [5, 5.41) is 1.00. The van der Waals surface area contributed by atoms with Gasteiger partial charge in [0.2, 0.25) is 0 Å². The fourth-order valence-electron chi connectivity index (χ4n) is 2.16. The van der Waals surface area contributed by atoms with Crippen molar-refractivity contribution in [2.75, 3.05) is 18.6 Å². The van der Waals surface area contributed by atoms with Crippen LogP contribution in [0, 0.1) is 0 Å². The molecule has 0 fully saturated rings. The Morgan fingerprint density at radius 3 is 2.33 bits per heavy atom. The van der Waals surface area contributed by atoms with Crippen LogP contribution in [0.15, 0.2) is 30.3 Å². The average Bonchev–Trinajstić information content (AvgIpc) is 2.78. The monoisotopic (exact) mass is 386 g/mol. The fraction of sp³-hybridized carbons (Fsp3) is 0.188. The van der Waals surface area contributed by atoms with Gasteiger partial charge in [-0.05, 0) is 30.3 Å². The zero-order chi connectivity index (χ0) is 17.1. The van der Waals surface area contributed by atoms with Crippen LogP contribution < -0.4 is 20.3 Å². The van der Waals surface area contributed by atoms with E-state index in [4.69, 9.17) is 44.3 Å². The van der Waals surface area contributed by atoms with E-state index in [1.165, 1.54) is 12.1 Å². The quantitative estimate of drug-likeness (QED) is 0.758. The predicted molar refractivity (Wildman–Crippen MR) is 94.6 cm³/mol. The number of halogens is 3. The lowest BCUT2D eigenvalue weighted by atomic mass is 10.2. The highest BCUT2D eigenvalue weighted by molar-refractivity contribution is 6.41. The van der Waals surface area contributed by atoms with E-state index < -0.39 is 0 Å². The van der Waals surface area contributed by atoms with Crippen LogP contribution in [0.2, 0.25) is 15.1 Å². The SMILES string of the molecule is O=C(NNc1c(Cl)cc(Cl)cc1Cl)c1ccc2c(c1)OCCCO2. The highest BCUT2D eigenvalue weighted by atomic mass is 35.5. The molecule has 5 nitrogen and oxygen atoms in total. The van der Waals surface area contributed by atoms with Crippen LogP contribution in [0.5, 0.6) is 11.5 Å². The lowest BCUT2D eigenvalue weighted by molar-refractivity contribution is 0.0962. The van der Waals surface area contributed by atoms with Crippen molar-refractivity contribution in [1.29, 1.82) is 0 Å². The van der Waals surface area contributed by atoms with Gasteiger partial charge in [-0.15, -0.1) is 0 Å². The van der Waals surface area contributed by atoms with Crippen LogP contribution in [-0.2, 0) is 0 Å². The molecule has 0 radical (unpaired) electrons. The van der Waals surface area contributed by atoms with Gasteiger partial charge in [-0.2, -0.15) is 0 Å². The summed E-state index contributed by atoms with van der Waals surface area (Å²) in [6.45, 7) is 1.14. The Morgan fingerprint density at radius 2 is 1.62 bits per heavy atom. The summed E-state index contributed by atoms with van der Waals surface area (Å²) in [6, 6.07) is 8.03. The minimum Gasteiger partial charge on any atom is -0.490 e. The summed E-state index contributed by atoms with van der Waals surface area (Å²) in [6.07, 6.45) is 0.797. The van der Waals surface area contributed by atoms with Crippen molar-refractivity contribution in [1.82, 2.24) is 5.43 Å². The molecule has 0 atom stereocenters. The summed E-state index contributed by atoms with van der Waals surface area (Å²) in [5.74, 6) is 0.802. The topological polar surface area (TPSA) is 59.6 Å². The molecule has 1 aliphatic rings. The number of hydrogen-bond acceptors (Lipinski definition) is 4. The van der Waals surface area contributed by atoms with Crippen LogP contribution in [-0.4, -0.2) is 19.1 Å². The fourth-order valence-corrected chi connectivity index (χ4v) is 3.07. The Hall–Kier alpha value is -1.82. The number of hydrazine groups is 1. The predicted octanol–water partition coefficient (Wildman–Crippen LogP) is 4.57. The second-order valence-electron chi connectivity index (χ2n) is 5.04. The van der Waals surface area contributed by atoms with Gasteiger partial charge in [0.05, 0.1) is 28.9 Å². The molecule has 1 heterocycles. The smallest absolute Gasteiger partial charge is 0.269 e. The molecule has 24 heavy (non-hydrogen) atoms. The number of nitrogens with one attached hydrogen (secondary N) is 2. The molecular weight excluding hydrogens is 375 g/mol. The standard InChI is InChI=1S/C16H13Cl3N2O3/c17-10-7-11(18)15(12(19)8-10)20-21-16(22)9-2-3-13-14(6-9)24-5-1-4-23-13/h2-3,6-8,20H,1,4-5H2,(H,21,22). The molecule has 2 aromatic rings. The Labute approximate surface area is 153 Å². The molecule has 0 aromatic heterocycles. The summed E-state index contributed by atoms with van der Waals surface area (Å²) >= 11 is 18.0. The first kappa shape index (κ1) is 17.0. The van der Waals surface area contributed by atoms with E-state index in [1.54, 1.807) is 18.2 Å². The van der Waals surface area contributed by atoms with E-state index in [9.17, 15) is 4.79 Å². The second kappa shape index (κ2) is 7.38. The number of benzene rings is 2. The van der Waals surface area contributed by atoms with Gasteiger partial charge in [0.25, 0.3) is 5.91 Å². The van der Waals surface area contributed by atoms with Gasteiger partial charge in [-0.3, -0.25) is 15.6 Å². The van der Waals surface area contributed by atoms with Crippen molar-refractivity contribution in [2.45, 2.75) is 6.42 Å². The van der Waals surface area contributed by atoms with E-state index in [0.29, 0.717) is 51.0 Å². The van der Waals surface area contributed by atoms with Gasteiger partial charge < -0.3 is 9.47 Å². The molecule has 2 aromatic carbocycles. The first-order valence-corrected chi connectivity index (χ1v) is 8.28. The summed E-state index contributed by atoms with van der Waals surface area (Å²) < 4.78 is 11.1. The highest BCUT2D eigenvalue weighted by Gasteiger charge is 2.15. The second-order valence-corrected chi connectivity index (χ2v) is 6.29. The largest absolute Gasteiger partial charge is 0.490 e. The van der Waals surface area contributed by atoms with Gasteiger partial charge >= 0.3 is 0 Å². The van der Waals surface area contributed by atoms with E-state index in [-0.39, 0.29) is 5.91 Å². The van der Waals surface area contributed by atoms with Gasteiger partial charge in [0.15, 0.2) is 11.5 Å². The van der Waals surface area contributed by atoms with Crippen molar-refractivity contribution in [3.8, 4) is 11.5 Å². The van der Waals surface area contributed by atoms with Crippen LogP contribution in [0.3, 0.4) is 0 Å². The van der Waals surface area contributed by atoms with Crippen LogP contribution in [0.25, 0.3) is 0 Å². The van der Waals surface area contributed by atoms with E-state index in [2.05, 4.69) is 10.9 Å². The first-order valence-electron chi connectivity index (χ1n) is 7.15. The number of rotatable bonds is 3. The van der Waals surface area contributed by atoms with Crippen molar-refractivity contribution < 1.29 is 14.3 Å². The Kier molecular flexibility index (Phi) is 5.23. The molecule has 2 N–H and O–H groups in total. The van der Waals surface area contributed by atoms with Gasteiger partial charge in [0.1, 0.15) is 0 Å². The lowest BCUT2D eigenvalue weighted by Gasteiger charge is -2.13. The van der Waals surface area contributed by atoms with Crippen molar-refractivity contribution in [3.05, 3.63) is 51.0 Å². The molecule has 0 bridgehead atoms. The lowest BCUT2D eigenvalue weighted by Crippen LogP contribution is -2.29. The molecule has 3 rings (SSSR count). The maximum Gasteiger partial charge on any atom is 0.269 e. The third-order valence-electron chi connectivity index (χ3n) is 3.32. The number of ether oxygens (including phenoxy) is 2. The minimum atomic E-state index is -0.368. The number of amides is 1. The van der Waals surface area contributed by atoms with Crippen molar-refractivity contribution in [3.63, 3.8) is 0 Å². The summed E-state index contributed by atoms with van der Waals surface area (Å²) in [5.41, 5.74) is 6.02. The molecule has 8 heteroatoms. The highest BCUT2D eigenvalue weighted by Crippen LogP contribution is 2.33. The van der Waals surface area contributed by atoms with Crippen molar-refractivity contribution in [2.24, 2.45) is 0 Å².